The van der Waals surface area contributed by atoms with Crippen molar-refractivity contribution in [1.82, 2.24) is 19.8 Å². The molecule has 0 aliphatic carbocycles. The molecule has 0 radical (unpaired) electrons. The molecule has 0 saturated heterocycles. The Kier molecular flexibility index (Phi) is 4.62. The zero-order valence-electron chi connectivity index (χ0n) is 16.3. The number of halogens is 1. The zero-order chi connectivity index (χ0) is 20.7. The van der Waals surface area contributed by atoms with E-state index in [1.54, 1.807) is 29.2 Å². The Bertz CT molecular complexity index is 1080. The Labute approximate surface area is 167 Å². The van der Waals surface area contributed by atoms with Crippen LogP contribution >= 0.6 is 0 Å². The number of aromatic nitrogens is 3. The molecule has 3 aromatic rings. The van der Waals surface area contributed by atoms with Crippen molar-refractivity contribution in [1.29, 1.82) is 0 Å². The fraction of sp³-hybridized carbons (Fsp3) is 0.238. The maximum absolute atomic E-state index is 13.5. The zero-order valence-corrected chi connectivity index (χ0v) is 16.3. The molecule has 0 bridgehead atoms. The quantitative estimate of drug-likeness (QED) is 0.669. The first-order valence-corrected chi connectivity index (χ1v) is 9.26. The van der Waals surface area contributed by atoms with Crippen molar-refractivity contribution in [3.05, 3.63) is 54.6 Å². The van der Waals surface area contributed by atoms with Crippen molar-refractivity contribution in [2.45, 2.75) is 26.8 Å². The number of anilines is 1. The molecule has 8 heteroatoms. The van der Waals surface area contributed by atoms with Crippen molar-refractivity contribution >= 4 is 17.6 Å². The SMILES string of the molecule is CC(=O)N1CC(C)n2nc(-c3ccc(F)cc3)c(-c3ccncc3)c2N1C(C)=O. The van der Waals surface area contributed by atoms with Gasteiger partial charge in [-0.25, -0.2) is 14.1 Å². The van der Waals surface area contributed by atoms with Crippen LogP contribution in [-0.4, -0.2) is 38.1 Å². The first kappa shape index (κ1) is 18.8. The van der Waals surface area contributed by atoms with Gasteiger partial charge in [0.05, 0.1) is 18.2 Å². The van der Waals surface area contributed by atoms with Gasteiger partial charge in [0.2, 0.25) is 11.8 Å². The van der Waals surface area contributed by atoms with Crippen molar-refractivity contribution in [2.24, 2.45) is 0 Å². The molecule has 1 aliphatic rings. The van der Waals surface area contributed by atoms with Crippen molar-refractivity contribution < 1.29 is 14.0 Å². The van der Waals surface area contributed by atoms with Crippen LogP contribution in [0.1, 0.15) is 26.8 Å². The number of amides is 2. The molecule has 1 atom stereocenters. The summed E-state index contributed by atoms with van der Waals surface area (Å²) in [5.41, 5.74) is 2.80. The third-order valence-electron chi connectivity index (χ3n) is 4.93. The van der Waals surface area contributed by atoms with E-state index in [1.165, 1.54) is 36.0 Å². The minimum Gasteiger partial charge on any atom is -0.273 e. The van der Waals surface area contributed by atoms with Gasteiger partial charge in [-0.2, -0.15) is 10.1 Å². The molecule has 2 amide bonds. The van der Waals surface area contributed by atoms with Crippen LogP contribution in [0.5, 0.6) is 0 Å². The second-order valence-corrected chi connectivity index (χ2v) is 7.02. The first-order valence-electron chi connectivity index (χ1n) is 9.26. The molecule has 2 aromatic heterocycles. The molecular weight excluding hydrogens is 373 g/mol. The first-order chi connectivity index (χ1) is 13.9. The van der Waals surface area contributed by atoms with Gasteiger partial charge in [0.1, 0.15) is 11.5 Å². The summed E-state index contributed by atoms with van der Waals surface area (Å²) in [5, 5.41) is 7.58. The highest BCUT2D eigenvalue weighted by atomic mass is 19.1. The number of hydrogen-bond donors (Lipinski definition) is 0. The molecule has 148 valence electrons. The van der Waals surface area contributed by atoms with Gasteiger partial charge < -0.3 is 0 Å². The lowest BCUT2D eigenvalue weighted by Crippen LogP contribution is -2.54. The van der Waals surface area contributed by atoms with E-state index in [9.17, 15) is 14.0 Å². The summed E-state index contributed by atoms with van der Waals surface area (Å²) in [5.74, 6) is -0.362. The van der Waals surface area contributed by atoms with E-state index < -0.39 is 0 Å². The summed E-state index contributed by atoms with van der Waals surface area (Å²) in [6.45, 7) is 5.11. The second kappa shape index (κ2) is 7.12. The number of hydrogen-bond acceptors (Lipinski definition) is 4. The summed E-state index contributed by atoms with van der Waals surface area (Å²) >= 11 is 0. The van der Waals surface area contributed by atoms with Crippen LogP contribution in [0, 0.1) is 5.82 Å². The van der Waals surface area contributed by atoms with Crippen LogP contribution in [-0.2, 0) is 9.59 Å². The lowest BCUT2D eigenvalue weighted by molar-refractivity contribution is -0.136. The standard InChI is InChI=1S/C21H20FN5O2/c1-13-12-25(14(2)28)27(15(3)29)21-19(16-8-10-23-11-9-16)20(24-26(13)21)17-4-6-18(22)7-5-17/h4-11,13H,12H2,1-3H3. The molecule has 4 rings (SSSR count). The van der Waals surface area contributed by atoms with Gasteiger partial charge in [0, 0.05) is 31.8 Å². The van der Waals surface area contributed by atoms with Gasteiger partial charge in [-0.15, -0.1) is 0 Å². The minimum absolute atomic E-state index is 0.153. The minimum atomic E-state index is -0.343. The van der Waals surface area contributed by atoms with Crippen LogP contribution < -0.4 is 5.01 Å². The van der Waals surface area contributed by atoms with Crippen LogP contribution in [0.4, 0.5) is 10.2 Å². The Morgan fingerprint density at radius 3 is 2.24 bits per heavy atom. The van der Waals surface area contributed by atoms with Crippen LogP contribution in [0.2, 0.25) is 0 Å². The van der Waals surface area contributed by atoms with Gasteiger partial charge in [-0.3, -0.25) is 14.6 Å². The van der Waals surface area contributed by atoms with Gasteiger partial charge in [-0.1, -0.05) is 0 Å². The molecule has 7 nitrogen and oxygen atoms in total. The summed E-state index contributed by atoms with van der Waals surface area (Å²) in [6.07, 6.45) is 3.31. The van der Waals surface area contributed by atoms with Crippen molar-refractivity contribution in [3.8, 4) is 22.4 Å². The van der Waals surface area contributed by atoms with E-state index in [0.717, 1.165) is 5.56 Å². The largest absolute Gasteiger partial charge is 0.273 e. The number of carbonyl (C=O) groups excluding carboxylic acids is 2. The second-order valence-electron chi connectivity index (χ2n) is 7.02. The average Bonchev–Trinajstić information content (AvgIpc) is 3.09. The van der Waals surface area contributed by atoms with Gasteiger partial charge in [-0.05, 0) is 48.9 Å². The van der Waals surface area contributed by atoms with Gasteiger partial charge in [0.25, 0.3) is 0 Å². The van der Waals surface area contributed by atoms with Crippen LogP contribution in [0.3, 0.4) is 0 Å². The molecule has 29 heavy (non-hydrogen) atoms. The van der Waals surface area contributed by atoms with Crippen molar-refractivity contribution in [2.75, 3.05) is 11.6 Å². The Morgan fingerprint density at radius 1 is 1.00 bits per heavy atom. The third kappa shape index (κ3) is 3.16. The topological polar surface area (TPSA) is 71.3 Å². The predicted molar refractivity (Wildman–Crippen MR) is 106 cm³/mol. The van der Waals surface area contributed by atoms with E-state index in [4.69, 9.17) is 5.10 Å². The van der Waals surface area contributed by atoms with E-state index in [2.05, 4.69) is 4.98 Å². The highest BCUT2D eigenvalue weighted by Crippen LogP contribution is 2.43. The summed E-state index contributed by atoms with van der Waals surface area (Å²) < 4.78 is 15.3. The maximum Gasteiger partial charge on any atom is 0.244 e. The molecule has 1 aliphatic heterocycles. The normalized spacial score (nSPS) is 15.9. The molecular formula is C21H20FN5O2. The Balaban J connectivity index is 2.04. The third-order valence-corrected chi connectivity index (χ3v) is 4.93. The fourth-order valence-corrected chi connectivity index (χ4v) is 3.64. The number of carbonyl (C=O) groups is 2. The number of hydrazine groups is 1. The van der Waals surface area contributed by atoms with E-state index >= 15 is 0 Å². The lowest BCUT2D eigenvalue weighted by Gasteiger charge is -2.40. The number of benzene rings is 1. The molecule has 3 heterocycles. The fourth-order valence-electron chi connectivity index (χ4n) is 3.64. The number of fused-ring (bicyclic) bond motifs is 1. The highest BCUT2D eigenvalue weighted by molar-refractivity contribution is 6.01. The molecule has 0 fully saturated rings. The number of pyridine rings is 1. The molecule has 0 saturated carbocycles. The Hall–Kier alpha value is -3.55. The summed E-state index contributed by atoms with van der Waals surface area (Å²) in [4.78, 5) is 28.9. The molecule has 1 unspecified atom stereocenters. The maximum atomic E-state index is 13.5. The monoisotopic (exact) mass is 393 g/mol. The molecule has 0 N–H and O–H groups in total. The van der Waals surface area contributed by atoms with Gasteiger partial charge in [0.15, 0.2) is 5.82 Å². The Morgan fingerprint density at radius 2 is 1.66 bits per heavy atom. The highest BCUT2D eigenvalue weighted by Gasteiger charge is 2.38. The molecule has 1 aromatic carbocycles. The predicted octanol–water partition coefficient (Wildman–Crippen LogP) is 3.44. The average molecular weight is 393 g/mol. The van der Waals surface area contributed by atoms with E-state index in [0.29, 0.717) is 29.2 Å². The van der Waals surface area contributed by atoms with E-state index in [-0.39, 0.29) is 23.7 Å². The lowest BCUT2D eigenvalue weighted by atomic mass is 10.0. The summed E-state index contributed by atoms with van der Waals surface area (Å²) in [6, 6.07) is 9.54. The molecule has 0 spiro atoms. The van der Waals surface area contributed by atoms with E-state index in [1.807, 2.05) is 19.1 Å². The van der Waals surface area contributed by atoms with Crippen LogP contribution in [0.25, 0.3) is 22.4 Å². The van der Waals surface area contributed by atoms with Crippen molar-refractivity contribution in [3.63, 3.8) is 0 Å². The number of rotatable bonds is 2. The number of nitrogens with zero attached hydrogens (tertiary/aromatic N) is 5. The van der Waals surface area contributed by atoms with Gasteiger partial charge >= 0.3 is 0 Å². The van der Waals surface area contributed by atoms with Crippen LogP contribution in [0.15, 0.2) is 48.8 Å². The summed E-state index contributed by atoms with van der Waals surface area (Å²) in [7, 11) is 0. The smallest absolute Gasteiger partial charge is 0.244 e.